The number of amides is 1. The maximum atomic E-state index is 11.7. The van der Waals surface area contributed by atoms with Gasteiger partial charge in [0.2, 0.25) is 0 Å². The van der Waals surface area contributed by atoms with Crippen LogP contribution < -0.4 is 10.1 Å². The second-order valence-corrected chi connectivity index (χ2v) is 6.02. The Morgan fingerprint density at radius 2 is 2.35 bits per heavy atom. The molecule has 1 amide bonds. The molecule has 0 aliphatic carbocycles. The summed E-state index contributed by atoms with van der Waals surface area (Å²) in [5.41, 5.74) is 0.924. The molecule has 5 nitrogen and oxygen atoms in total. The Bertz CT molecular complexity index is 503. The molecular formula is C17H24ClNO4. The summed E-state index contributed by atoms with van der Waals surface area (Å²) in [4.78, 5) is 11.7. The van der Waals surface area contributed by atoms with Gasteiger partial charge in [-0.3, -0.25) is 4.79 Å². The van der Waals surface area contributed by atoms with Crippen molar-refractivity contribution >= 4 is 17.5 Å². The van der Waals surface area contributed by atoms with Crippen LogP contribution in [0.5, 0.6) is 5.75 Å². The molecule has 1 saturated heterocycles. The molecule has 0 saturated carbocycles. The van der Waals surface area contributed by atoms with Gasteiger partial charge in [-0.15, -0.1) is 0 Å². The van der Waals surface area contributed by atoms with Crippen molar-refractivity contribution in [2.75, 3.05) is 33.0 Å². The Balaban J connectivity index is 1.50. The third kappa shape index (κ3) is 6.77. The van der Waals surface area contributed by atoms with Gasteiger partial charge in [-0.2, -0.15) is 0 Å². The molecule has 1 heterocycles. The van der Waals surface area contributed by atoms with E-state index in [4.69, 9.17) is 25.8 Å². The van der Waals surface area contributed by atoms with Crippen LogP contribution in [0.25, 0.3) is 0 Å². The number of hydrogen-bond donors (Lipinski definition) is 1. The van der Waals surface area contributed by atoms with E-state index in [1.54, 1.807) is 12.1 Å². The molecule has 23 heavy (non-hydrogen) atoms. The average Bonchev–Trinajstić information content (AvgIpc) is 3.05. The minimum absolute atomic E-state index is 0.00214. The third-order valence-electron chi connectivity index (χ3n) is 3.61. The van der Waals surface area contributed by atoms with E-state index in [1.165, 1.54) is 0 Å². The van der Waals surface area contributed by atoms with Crippen molar-refractivity contribution in [1.29, 1.82) is 0 Å². The van der Waals surface area contributed by atoms with Crippen molar-refractivity contribution in [1.82, 2.24) is 5.32 Å². The molecule has 1 aromatic rings. The second kappa shape index (κ2) is 9.75. The first-order valence-electron chi connectivity index (χ1n) is 8.00. The maximum absolute atomic E-state index is 11.7. The zero-order valence-corrected chi connectivity index (χ0v) is 14.2. The van der Waals surface area contributed by atoms with Gasteiger partial charge in [0.15, 0.2) is 6.61 Å². The molecule has 1 unspecified atom stereocenters. The molecule has 128 valence electrons. The zero-order chi connectivity index (χ0) is 16.5. The summed E-state index contributed by atoms with van der Waals surface area (Å²) >= 11 is 5.94. The molecule has 1 N–H and O–H groups in total. The number of benzene rings is 1. The van der Waals surface area contributed by atoms with Crippen LogP contribution >= 0.6 is 11.6 Å². The van der Waals surface area contributed by atoms with Crippen molar-refractivity contribution in [3.05, 3.63) is 28.8 Å². The van der Waals surface area contributed by atoms with Gasteiger partial charge in [0, 0.05) is 24.8 Å². The van der Waals surface area contributed by atoms with E-state index in [9.17, 15) is 4.79 Å². The van der Waals surface area contributed by atoms with Crippen LogP contribution in [0.1, 0.15) is 24.8 Å². The fourth-order valence-corrected chi connectivity index (χ4v) is 2.42. The number of hydrogen-bond acceptors (Lipinski definition) is 4. The van der Waals surface area contributed by atoms with Gasteiger partial charge >= 0.3 is 0 Å². The highest BCUT2D eigenvalue weighted by molar-refractivity contribution is 6.31. The molecule has 1 aliphatic heterocycles. The SMILES string of the molecule is Cc1cc(OCC(=O)NCCCOCC2CCCO2)ccc1Cl. The largest absolute Gasteiger partial charge is 0.484 e. The van der Waals surface area contributed by atoms with E-state index >= 15 is 0 Å². The van der Waals surface area contributed by atoms with Crippen LogP contribution in [-0.2, 0) is 14.3 Å². The first kappa shape index (κ1) is 18.0. The van der Waals surface area contributed by atoms with Crippen LogP contribution in [-0.4, -0.2) is 45.0 Å². The summed E-state index contributed by atoms with van der Waals surface area (Å²) in [6, 6.07) is 5.33. The lowest BCUT2D eigenvalue weighted by atomic mass is 10.2. The van der Waals surface area contributed by atoms with Crippen LogP contribution in [0, 0.1) is 6.92 Å². The van der Waals surface area contributed by atoms with E-state index in [-0.39, 0.29) is 18.6 Å². The smallest absolute Gasteiger partial charge is 0.257 e. The first-order chi connectivity index (χ1) is 11.1. The van der Waals surface area contributed by atoms with Gasteiger partial charge in [-0.25, -0.2) is 0 Å². The Hall–Kier alpha value is -1.30. The molecule has 0 aromatic heterocycles. The number of rotatable bonds is 9. The van der Waals surface area contributed by atoms with Crippen LogP contribution in [0.3, 0.4) is 0 Å². The summed E-state index contributed by atoms with van der Waals surface area (Å²) < 4.78 is 16.4. The van der Waals surface area contributed by atoms with E-state index < -0.39 is 0 Å². The summed E-state index contributed by atoms with van der Waals surface area (Å²) in [7, 11) is 0. The fraction of sp³-hybridized carbons (Fsp3) is 0.588. The summed E-state index contributed by atoms with van der Waals surface area (Å²) in [5.74, 6) is 0.499. The lowest BCUT2D eigenvalue weighted by molar-refractivity contribution is -0.123. The highest BCUT2D eigenvalue weighted by Gasteiger charge is 2.14. The molecule has 0 spiro atoms. The van der Waals surface area contributed by atoms with Crippen LogP contribution in [0.4, 0.5) is 0 Å². The topological polar surface area (TPSA) is 56.8 Å². The van der Waals surface area contributed by atoms with Gasteiger partial charge in [0.1, 0.15) is 5.75 Å². The zero-order valence-electron chi connectivity index (χ0n) is 13.5. The Morgan fingerprint density at radius 3 is 3.09 bits per heavy atom. The minimum Gasteiger partial charge on any atom is -0.484 e. The number of carbonyl (C=O) groups is 1. The standard InChI is InChI=1S/C17H24ClNO4/c1-13-10-14(5-6-16(13)18)23-12-17(20)19-7-3-8-21-11-15-4-2-9-22-15/h5-6,10,15H,2-4,7-9,11-12H2,1H3,(H,19,20). The van der Waals surface area contributed by atoms with Crippen molar-refractivity contribution in [2.24, 2.45) is 0 Å². The molecule has 2 rings (SSSR count). The van der Waals surface area contributed by atoms with Gasteiger partial charge in [-0.05, 0) is 49.9 Å². The summed E-state index contributed by atoms with van der Waals surface area (Å²) in [5, 5.41) is 3.49. The normalized spacial score (nSPS) is 17.2. The molecule has 1 fully saturated rings. The van der Waals surface area contributed by atoms with Crippen molar-refractivity contribution in [3.8, 4) is 5.75 Å². The van der Waals surface area contributed by atoms with Crippen molar-refractivity contribution in [3.63, 3.8) is 0 Å². The Morgan fingerprint density at radius 1 is 1.48 bits per heavy atom. The van der Waals surface area contributed by atoms with Crippen LogP contribution in [0.15, 0.2) is 18.2 Å². The summed E-state index contributed by atoms with van der Waals surface area (Å²) in [6.45, 7) is 4.58. The summed E-state index contributed by atoms with van der Waals surface area (Å²) in [6.07, 6.45) is 3.23. The average molecular weight is 342 g/mol. The number of nitrogens with one attached hydrogen (secondary N) is 1. The predicted octanol–water partition coefficient (Wildman–Crippen LogP) is 2.73. The maximum Gasteiger partial charge on any atom is 0.257 e. The minimum atomic E-state index is -0.142. The molecular weight excluding hydrogens is 318 g/mol. The van der Waals surface area contributed by atoms with Crippen molar-refractivity contribution in [2.45, 2.75) is 32.3 Å². The highest BCUT2D eigenvalue weighted by Crippen LogP contribution is 2.20. The third-order valence-corrected chi connectivity index (χ3v) is 4.04. The molecule has 1 aromatic carbocycles. The Labute approximate surface area is 142 Å². The molecule has 6 heteroatoms. The number of aryl methyl sites for hydroxylation is 1. The molecule has 0 bridgehead atoms. The van der Waals surface area contributed by atoms with Crippen molar-refractivity contribution < 1.29 is 19.0 Å². The number of ether oxygens (including phenoxy) is 3. The quantitative estimate of drug-likeness (QED) is 0.702. The molecule has 1 atom stereocenters. The van der Waals surface area contributed by atoms with E-state index in [2.05, 4.69) is 5.32 Å². The lowest BCUT2D eigenvalue weighted by Gasteiger charge is -2.11. The van der Waals surface area contributed by atoms with Gasteiger partial charge in [-0.1, -0.05) is 11.6 Å². The number of carbonyl (C=O) groups excluding carboxylic acids is 1. The number of halogens is 1. The van der Waals surface area contributed by atoms with Crippen LogP contribution in [0.2, 0.25) is 5.02 Å². The van der Waals surface area contributed by atoms with E-state index in [1.807, 2.05) is 13.0 Å². The van der Waals surface area contributed by atoms with Gasteiger partial charge < -0.3 is 19.5 Å². The first-order valence-corrected chi connectivity index (χ1v) is 8.38. The fourth-order valence-electron chi connectivity index (χ4n) is 2.30. The molecule has 1 aliphatic rings. The highest BCUT2D eigenvalue weighted by atomic mass is 35.5. The monoisotopic (exact) mass is 341 g/mol. The van der Waals surface area contributed by atoms with E-state index in [0.717, 1.165) is 31.4 Å². The second-order valence-electron chi connectivity index (χ2n) is 5.61. The lowest BCUT2D eigenvalue weighted by Crippen LogP contribution is -2.30. The molecule has 0 radical (unpaired) electrons. The van der Waals surface area contributed by atoms with Gasteiger partial charge in [0.25, 0.3) is 5.91 Å². The van der Waals surface area contributed by atoms with E-state index in [0.29, 0.717) is 30.5 Å². The Kier molecular flexibility index (Phi) is 7.65. The predicted molar refractivity (Wildman–Crippen MR) is 89.1 cm³/mol. The van der Waals surface area contributed by atoms with Gasteiger partial charge in [0.05, 0.1) is 12.7 Å².